The molecule has 1 aromatic heterocycles. The van der Waals surface area contributed by atoms with Crippen molar-refractivity contribution in [1.82, 2.24) is 10.3 Å². The molecule has 1 aliphatic rings. The van der Waals surface area contributed by atoms with Gasteiger partial charge in [0.1, 0.15) is 0 Å². The van der Waals surface area contributed by atoms with E-state index in [9.17, 15) is 0 Å². The molecular formula is C18H24N2O. The number of ether oxygens (including phenoxy) is 1. The molecule has 3 nitrogen and oxygen atoms in total. The molecule has 1 saturated heterocycles. The molecule has 1 N–H and O–H groups in total. The predicted octanol–water partition coefficient (Wildman–Crippen LogP) is 3.56. The second-order valence-corrected chi connectivity index (χ2v) is 6.34. The fourth-order valence-corrected chi connectivity index (χ4v) is 3.11. The molecule has 0 radical (unpaired) electrons. The van der Waals surface area contributed by atoms with Crippen LogP contribution in [0.3, 0.4) is 0 Å². The van der Waals surface area contributed by atoms with Gasteiger partial charge in [0.2, 0.25) is 0 Å². The van der Waals surface area contributed by atoms with Crippen LogP contribution < -0.4 is 5.32 Å². The Hall–Kier alpha value is -1.45. The van der Waals surface area contributed by atoms with Gasteiger partial charge in [0.15, 0.2) is 0 Å². The van der Waals surface area contributed by atoms with E-state index >= 15 is 0 Å². The number of fused-ring (bicyclic) bond motifs is 1. The lowest BCUT2D eigenvalue weighted by Gasteiger charge is -2.21. The number of aromatic nitrogens is 1. The highest BCUT2D eigenvalue weighted by Gasteiger charge is 2.30. The van der Waals surface area contributed by atoms with Crippen molar-refractivity contribution in [3.05, 3.63) is 42.2 Å². The summed E-state index contributed by atoms with van der Waals surface area (Å²) in [7, 11) is 0. The van der Waals surface area contributed by atoms with Crippen molar-refractivity contribution in [2.45, 2.75) is 26.4 Å². The zero-order chi connectivity index (χ0) is 14.7. The Kier molecular flexibility index (Phi) is 4.51. The number of rotatable bonds is 5. The summed E-state index contributed by atoms with van der Waals surface area (Å²) >= 11 is 0. The first-order valence-corrected chi connectivity index (χ1v) is 7.90. The molecule has 2 heterocycles. The first-order chi connectivity index (χ1) is 10.3. The maximum Gasteiger partial charge on any atom is 0.0886 e. The zero-order valence-electron chi connectivity index (χ0n) is 12.9. The zero-order valence-corrected chi connectivity index (χ0v) is 12.9. The Bertz CT molecular complexity index is 591. The van der Waals surface area contributed by atoms with Crippen LogP contribution in [0.1, 0.15) is 31.9 Å². The Morgan fingerprint density at radius 1 is 1.29 bits per heavy atom. The summed E-state index contributed by atoms with van der Waals surface area (Å²) < 4.78 is 6.04. The summed E-state index contributed by atoms with van der Waals surface area (Å²) in [5, 5.41) is 6.04. The molecule has 0 saturated carbocycles. The quantitative estimate of drug-likeness (QED) is 0.911. The lowest BCUT2D eigenvalue weighted by Crippen LogP contribution is -2.28. The normalized spacial score (nSPS) is 22.2. The Labute approximate surface area is 126 Å². The third kappa shape index (κ3) is 3.25. The Balaban J connectivity index is 1.80. The maximum absolute atomic E-state index is 6.04. The van der Waals surface area contributed by atoms with Crippen LogP contribution >= 0.6 is 0 Å². The van der Waals surface area contributed by atoms with E-state index in [0.29, 0.717) is 11.8 Å². The molecule has 1 fully saturated rings. The van der Waals surface area contributed by atoms with Crippen LogP contribution in [0.25, 0.3) is 10.8 Å². The van der Waals surface area contributed by atoms with E-state index in [-0.39, 0.29) is 6.10 Å². The second kappa shape index (κ2) is 6.54. The first kappa shape index (κ1) is 14.5. The van der Waals surface area contributed by atoms with Crippen molar-refractivity contribution in [2.24, 2.45) is 11.8 Å². The molecular weight excluding hydrogens is 260 g/mol. The smallest absolute Gasteiger partial charge is 0.0886 e. The van der Waals surface area contributed by atoms with Crippen molar-refractivity contribution >= 4 is 10.8 Å². The van der Waals surface area contributed by atoms with Crippen LogP contribution in [0.15, 0.2) is 36.7 Å². The topological polar surface area (TPSA) is 34.1 Å². The number of benzene rings is 1. The first-order valence-electron chi connectivity index (χ1n) is 7.90. The van der Waals surface area contributed by atoms with Crippen molar-refractivity contribution < 1.29 is 4.74 Å². The van der Waals surface area contributed by atoms with Crippen LogP contribution in [0.5, 0.6) is 0 Å². The van der Waals surface area contributed by atoms with E-state index < -0.39 is 0 Å². The molecule has 21 heavy (non-hydrogen) atoms. The number of nitrogens with one attached hydrogen (secondary N) is 1. The van der Waals surface area contributed by atoms with Crippen molar-refractivity contribution in [3.63, 3.8) is 0 Å². The summed E-state index contributed by atoms with van der Waals surface area (Å²) in [6, 6.07) is 8.44. The van der Waals surface area contributed by atoms with Crippen LogP contribution in [0, 0.1) is 11.8 Å². The highest BCUT2D eigenvalue weighted by molar-refractivity contribution is 5.85. The third-order valence-corrected chi connectivity index (χ3v) is 4.18. The largest absolute Gasteiger partial charge is 0.373 e. The van der Waals surface area contributed by atoms with Gasteiger partial charge < -0.3 is 10.1 Å². The van der Waals surface area contributed by atoms with E-state index in [4.69, 9.17) is 4.74 Å². The summed E-state index contributed by atoms with van der Waals surface area (Å²) in [5.41, 5.74) is 1.24. The molecule has 2 atom stereocenters. The SMILES string of the molecule is CC(C)CNCC1CCOC1c1cncc2ccccc12. The van der Waals surface area contributed by atoms with Crippen LogP contribution in [-0.2, 0) is 4.74 Å². The molecule has 3 heteroatoms. The molecule has 0 aliphatic carbocycles. The molecule has 0 bridgehead atoms. The van der Waals surface area contributed by atoms with Crippen molar-refractivity contribution in [1.29, 1.82) is 0 Å². The molecule has 1 aromatic carbocycles. The fourth-order valence-electron chi connectivity index (χ4n) is 3.11. The summed E-state index contributed by atoms with van der Waals surface area (Å²) in [5.74, 6) is 1.22. The van der Waals surface area contributed by atoms with Gasteiger partial charge in [0.25, 0.3) is 0 Å². The summed E-state index contributed by atoms with van der Waals surface area (Å²) in [6.45, 7) is 7.42. The van der Waals surface area contributed by atoms with Gasteiger partial charge in [-0.15, -0.1) is 0 Å². The highest BCUT2D eigenvalue weighted by Crippen LogP contribution is 2.37. The standard InChI is InChI=1S/C18H24N2O/c1-13(2)9-19-11-15-7-8-21-18(15)17-12-20-10-14-5-3-4-6-16(14)17/h3-6,10,12-13,15,18-19H,7-9,11H2,1-2H3. The average Bonchev–Trinajstić information content (AvgIpc) is 2.94. The predicted molar refractivity (Wildman–Crippen MR) is 86.3 cm³/mol. The van der Waals surface area contributed by atoms with Gasteiger partial charge in [0, 0.05) is 42.4 Å². The molecule has 0 amide bonds. The molecule has 2 aromatic rings. The van der Waals surface area contributed by atoms with E-state index in [1.807, 2.05) is 12.4 Å². The van der Waals surface area contributed by atoms with E-state index in [2.05, 4.69) is 48.4 Å². The fraction of sp³-hybridized carbons (Fsp3) is 0.500. The summed E-state index contributed by atoms with van der Waals surface area (Å²) in [6.07, 6.45) is 5.20. The number of pyridine rings is 1. The minimum atomic E-state index is 0.170. The van der Waals surface area contributed by atoms with Gasteiger partial charge in [-0.2, -0.15) is 0 Å². The Morgan fingerprint density at radius 3 is 3.00 bits per heavy atom. The van der Waals surface area contributed by atoms with Gasteiger partial charge in [-0.05, 0) is 24.3 Å². The van der Waals surface area contributed by atoms with Gasteiger partial charge in [-0.25, -0.2) is 0 Å². The van der Waals surface area contributed by atoms with E-state index in [1.165, 1.54) is 16.3 Å². The molecule has 0 spiro atoms. The molecule has 1 aliphatic heterocycles. The van der Waals surface area contributed by atoms with Crippen molar-refractivity contribution in [3.8, 4) is 0 Å². The average molecular weight is 284 g/mol. The van der Waals surface area contributed by atoms with Gasteiger partial charge >= 0.3 is 0 Å². The highest BCUT2D eigenvalue weighted by atomic mass is 16.5. The third-order valence-electron chi connectivity index (χ3n) is 4.18. The molecule has 112 valence electrons. The van der Waals surface area contributed by atoms with Gasteiger partial charge in [0.05, 0.1) is 6.10 Å². The van der Waals surface area contributed by atoms with E-state index in [1.54, 1.807) is 0 Å². The minimum Gasteiger partial charge on any atom is -0.373 e. The maximum atomic E-state index is 6.04. The number of nitrogens with zero attached hydrogens (tertiary/aromatic N) is 1. The Morgan fingerprint density at radius 2 is 2.14 bits per heavy atom. The van der Waals surface area contributed by atoms with Crippen LogP contribution in [-0.4, -0.2) is 24.7 Å². The van der Waals surface area contributed by atoms with Gasteiger partial charge in [-0.3, -0.25) is 4.98 Å². The lowest BCUT2D eigenvalue weighted by atomic mass is 9.93. The second-order valence-electron chi connectivity index (χ2n) is 6.34. The van der Waals surface area contributed by atoms with Gasteiger partial charge in [-0.1, -0.05) is 38.1 Å². The molecule has 2 unspecified atom stereocenters. The number of hydrogen-bond acceptors (Lipinski definition) is 3. The summed E-state index contributed by atoms with van der Waals surface area (Å²) in [4.78, 5) is 4.40. The number of hydrogen-bond donors (Lipinski definition) is 1. The van der Waals surface area contributed by atoms with Crippen LogP contribution in [0.2, 0.25) is 0 Å². The minimum absolute atomic E-state index is 0.170. The van der Waals surface area contributed by atoms with E-state index in [0.717, 1.165) is 26.1 Å². The van der Waals surface area contributed by atoms with Crippen molar-refractivity contribution in [2.75, 3.05) is 19.7 Å². The monoisotopic (exact) mass is 284 g/mol. The lowest BCUT2D eigenvalue weighted by molar-refractivity contribution is 0.0912. The van der Waals surface area contributed by atoms with Crippen LogP contribution in [0.4, 0.5) is 0 Å². The molecule has 3 rings (SSSR count).